The maximum atomic E-state index is 13.1. The second kappa shape index (κ2) is 8.22. The molecule has 0 spiro atoms. The fourth-order valence-electron chi connectivity index (χ4n) is 1.98. The minimum absolute atomic E-state index is 0.0935. The van der Waals surface area contributed by atoms with Gasteiger partial charge in [0, 0.05) is 11.8 Å². The molecule has 0 aromatic carbocycles. The van der Waals surface area contributed by atoms with Crippen LogP contribution in [0.2, 0.25) is 0 Å². The number of hydrogen-bond donors (Lipinski definition) is 0. The molecule has 0 saturated heterocycles. The minimum atomic E-state index is -4.47. The summed E-state index contributed by atoms with van der Waals surface area (Å²) in [7, 11) is 0. The van der Waals surface area contributed by atoms with Crippen LogP contribution in [0.25, 0.3) is 0 Å². The smallest absolute Gasteiger partial charge is 0.391 e. The van der Waals surface area contributed by atoms with E-state index in [-0.39, 0.29) is 18.8 Å². The lowest BCUT2D eigenvalue weighted by molar-refractivity contribution is -0.186. The van der Waals surface area contributed by atoms with Gasteiger partial charge < -0.3 is 4.74 Å². The van der Waals surface area contributed by atoms with Crippen molar-refractivity contribution in [2.75, 3.05) is 12.9 Å². The van der Waals surface area contributed by atoms with E-state index in [9.17, 15) is 22.8 Å². The fraction of sp³-hybridized carbons (Fsp3) is 0.867. The van der Waals surface area contributed by atoms with Gasteiger partial charge in [0.2, 0.25) is 0 Å². The van der Waals surface area contributed by atoms with E-state index in [2.05, 4.69) is 0 Å². The van der Waals surface area contributed by atoms with E-state index in [1.807, 2.05) is 0 Å². The number of esters is 1. The second-order valence-corrected chi connectivity index (χ2v) is 7.26. The van der Waals surface area contributed by atoms with Gasteiger partial charge in [-0.05, 0) is 19.1 Å². The van der Waals surface area contributed by atoms with Crippen molar-refractivity contribution in [1.82, 2.24) is 0 Å². The molecule has 0 saturated carbocycles. The average Bonchev–Trinajstić information content (AvgIpc) is 2.35. The summed E-state index contributed by atoms with van der Waals surface area (Å²) in [4.78, 5) is 24.1. The first-order valence-electron chi connectivity index (χ1n) is 7.15. The molecule has 0 aromatic heterocycles. The van der Waals surface area contributed by atoms with Crippen molar-refractivity contribution in [2.45, 2.75) is 52.5 Å². The number of thioether (sulfide) groups is 1. The molecule has 130 valence electrons. The fourth-order valence-corrected chi connectivity index (χ4v) is 2.92. The summed E-state index contributed by atoms with van der Waals surface area (Å²) in [5.74, 6) is -3.89. The highest BCUT2D eigenvalue weighted by Crippen LogP contribution is 2.40. The van der Waals surface area contributed by atoms with E-state index in [1.54, 1.807) is 34.0 Å². The Balaban J connectivity index is 5.49. The molecule has 3 nitrogen and oxygen atoms in total. The predicted octanol–water partition coefficient (Wildman–Crippen LogP) is 4.10. The van der Waals surface area contributed by atoms with Crippen molar-refractivity contribution in [3.05, 3.63) is 0 Å². The molecule has 0 radical (unpaired) electrons. The zero-order chi connectivity index (χ0) is 17.7. The normalized spacial score (nSPS) is 16.8. The van der Waals surface area contributed by atoms with E-state index in [4.69, 9.17) is 4.74 Å². The van der Waals surface area contributed by atoms with Crippen molar-refractivity contribution in [1.29, 1.82) is 0 Å². The van der Waals surface area contributed by atoms with E-state index >= 15 is 0 Å². The van der Waals surface area contributed by atoms with E-state index in [1.165, 1.54) is 0 Å². The Morgan fingerprint density at radius 1 is 1.18 bits per heavy atom. The van der Waals surface area contributed by atoms with Gasteiger partial charge in [0.05, 0.1) is 12.5 Å². The van der Waals surface area contributed by atoms with Crippen LogP contribution in [0.15, 0.2) is 0 Å². The van der Waals surface area contributed by atoms with Crippen molar-refractivity contribution in [3.63, 3.8) is 0 Å². The number of hydrogen-bond acceptors (Lipinski definition) is 4. The highest BCUT2D eigenvalue weighted by molar-refractivity contribution is 7.99. The molecule has 3 atom stereocenters. The third kappa shape index (κ3) is 6.18. The summed E-state index contributed by atoms with van der Waals surface area (Å²) < 4.78 is 44.2. The summed E-state index contributed by atoms with van der Waals surface area (Å²) in [5.41, 5.74) is -0.749. The van der Waals surface area contributed by atoms with Crippen LogP contribution in [0.5, 0.6) is 0 Å². The van der Waals surface area contributed by atoms with Crippen LogP contribution in [-0.2, 0) is 14.3 Å². The van der Waals surface area contributed by atoms with Crippen LogP contribution >= 0.6 is 11.8 Å². The van der Waals surface area contributed by atoms with Gasteiger partial charge >= 0.3 is 12.1 Å². The molecular formula is C15H25F3O3S. The summed E-state index contributed by atoms with van der Waals surface area (Å²) in [6.07, 6.45) is -3.21. The Bertz CT molecular complexity index is 388. The van der Waals surface area contributed by atoms with Crippen LogP contribution < -0.4 is 0 Å². The molecule has 0 rings (SSSR count). The van der Waals surface area contributed by atoms with Gasteiger partial charge in [-0.15, -0.1) is 11.8 Å². The SMILES string of the molecule is CCOC(=O)[C@@H](SC)[C@H](CC(=O)C(C)(C)C)[C@H](C)C(F)(F)F. The van der Waals surface area contributed by atoms with Crippen molar-refractivity contribution < 1.29 is 27.5 Å². The second-order valence-electron chi connectivity index (χ2n) is 6.28. The largest absolute Gasteiger partial charge is 0.465 e. The molecule has 0 fully saturated rings. The maximum absolute atomic E-state index is 13.1. The molecule has 7 heteroatoms. The summed E-state index contributed by atoms with van der Waals surface area (Å²) in [6, 6.07) is 0. The number of carbonyl (C=O) groups is 2. The first kappa shape index (κ1) is 21.3. The van der Waals surface area contributed by atoms with Gasteiger partial charge in [0.15, 0.2) is 0 Å². The molecule has 0 aliphatic carbocycles. The van der Waals surface area contributed by atoms with Crippen LogP contribution in [-0.4, -0.2) is 36.0 Å². The molecule has 0 unspecified atom stereocenters. The molecule has 0 aliphatic heterocycles. The number of ketones is 1. The lowest BCUT2D eigenvalue weighted by Crippen LogP contribution is -2.41. The standard InChI is InChI=1S/C15H25F3O3S/c1-7-21-13(20)12(22-6)10(9(2)15(16,17)18)8-11(19)14(3,4)5/h9-10,12H,7-8H2,1-6H3/t9-,10+,12-/m0/s1. The molecule has 0 aromatic rings. The Morgan fingerprint density at radius 2 is 1.68 bits per heavy atom. The van der Waals surface area contributed by atoms with Gasteiger partial charge in [0.1, 0.15) is 11.0 Å². The molecule has 0 aliphatic rings. The first-order valence-corrected chi connectivity index (χ1v) is 8.44. The Hall–Kier alpha value is -0.720. The lowest BCUT2D eigenvalue weighted by Gasteiger charge is -2.32. The van der Waals surface area contributed by atoms with Gasteiger partial charge in [-0.2, -0.15) is 13.2 Å². The van der Waals surface area contributed by atoms with Gasteiger partial charge in [0.25, 0.3) is 0 Å². The summed E-state index contributed by atoms with van der Waals surface area (Å²) >= 11 is 0.996. The molecule has 0 N–H and O–H groups in total. The van der Waals surface area contributed by atoms with Crippen molar-refractivity contribution in [3.8, 4) is 0 Å². The van der Waals surface area contributed by atoms with Crippen molar-refractivity contribution >= 4 is 23.5 Å². The van der Waals surface area contributed by atoms with Gasteiger partial charge in [-0.1, -0.05) is 27.7 Å². The molecule has 0 heterocycles. The van der Waals surface area contributed by atoms with Crippen LogP contribution in [0.3, 0.4) is 0 Å². The predicted molar refractivity (Wildman–Crippen MR) is 81.7 cm³/mol. The quantitative estimate of drug-likeness (QED) is 0.653. The monoisotopic (exact) mass is 342 g/mol. The summed E-state index contributed by atoms with van der Waals surface area (Å²) in [5, 5.41) is -1.01. The molecule has 22 heavy (non-hydrogen) atoms. The summed E-state index contributed by atoms with van der Waals surface area (Å²) in [6.45, 7) is 7.67. The van der Waals surface area contributed by atoms with E-state index in [0.717, 1.165) is 18.7 Å². The number of halogens is 3. The number of rotatable bonds is 7. The Labute approximate surface area is 134 Å². The van der Waals surface area contributed by atoms with Crippen LogP contribution in [0.4, 0.5) is 13.2 Å². The highest BCUT2D eigenvalue weighted by atomic mass is 32.2. The Morgan fingerprint density at radius 3 is 2.00 bits per heavy atom. The van der Waals surface area contributed by atoms with Gasteiger partial charge in [-0.3, -0.25) is 9.59 Å². The average molecular weight is 342 g/mol. The number of Topliss-reactive ketones (excluding diaryl/α,β-unsaturated/α-hetero) is 1. The maximum Gasteiger partial charge on any atom is 0.391 e. The molecule has 0 bridgehead atoms. The lowest BCUT2D eigenvalue weighted by atomic mass is 9.79. The third-order valence-electron chi connectivity index (χ3n) is 3.58. The topological polar surface area (TPSA) is 43.4 Å². The van der Waals surface area contributed by atoms with Crippen LogP contribution in [0, 0.1) is 17.3 Å². The van der Waals surface area contributed by atoms with E-state index < -0.39 is 34.6 Å². The number of carbonyl (C=O) groups excluding carboxylic acids is 2. The number of ether oxygens (including phenoxy) is 1. The van der Waals surface area contributed by atoms with Crippen molar-refractivity contribution in [2.24, 2.45) is 17.3 Å². The molecule has 0 amide bonds. The molecular weight excluding hydrogens is 317 g/mol. The zero-order valence-corrected chi connectivity index (χ0v) is 14.7. The zero-order valence-electron chi connectivity index (χ0n) is 13.9. The minimum Gasteiger partial charge on any atom is -0.465 e. The van der Waals surface area contributed by atoms with Crippen LogP contribution in [0.1, 0.15) is 41.0 Å². The number of alkyl halides is 3. The highest BCUT2D eigenvalue weighted by Gasteiger charge is 2.47. The Kier molecular flexibility index (Phi) is 7.95. The van der Waals surface area contributed by atoms with E-state index in [0.29, 0.717) is 0 Å². The van der Waals surface area contributed by atoms with Gasteiger partial charge in [-0.25, -0.2) is 0 Å². The first-order chi connectivity index (χ1) is 9.86. The third-order valence-corrected chi connectivity index (χ3v) is 4.63.